The molecule has 0 spiro atoms. The van der Waals surface area contributed by atoms with Crippen molar-refractivity contribution in [2.24, 2.45) is 5.92 Å². The van der Waals surface area contributed by atoms with Gasteiger partial charge in [0.15, 0.2) is 0 Å². The first-order chi connectivity index (χ1) is 6.27. The summed E-state index contributed by atoms with van der Waals surface area (Å²) in [7, 11) is 0. The lowest BCUT2D eigenvalue weighted by Gasteiger charge is -2.13. The van der Waals surface area contributed by atoms with E-state index >= 15 is 0 Å². The van der Waals surface area contributed by atoms with Gasteiger partial charge in [-0.15, -0.1) is 0 Å². The van der Waals surface area contributed by atoms with E-state index in [0.29, 0.717) is 17.5 Å². The molecule has 1 aliphatic rings. The molecule has 0 aromatic carbocycles. The molecule has 1 fully saturated rings. The van der Waals surface area contributed by atoms with Crippen molar-refractivity contribution < 1.29 is 4.74 Å². The van der Waals surface area contributed by atoms with Gasteiger partial charge in [-0.25, -0.2) is 4.98 Å². The highest BCUT2D eigenvalue weighted by molar-refractivity contribution is 5.46. The molecule has 0 radical (unpaired) electrons. The van der Waals surface area contributed by atoms with Crippen molar-refractivity contribution in [3.05, 3.63) is 18.3 Å². The third-order valence-electron chi connectivity index (χ3n) is 2.38. The van der Waals surface area contributed by atoms with E-state index in [1.807, 2.05) is 12.1 Å². The third-order valence-corrected chi connectivity index (χ3v) is 2.38. The maximum absolute atomic E-state index is 5.70. The SMILES string of the molecule is CC(Oc1ncccc1N)C1CC1. The zero-order valence-electron chi connectivity index (χ0n) is 7.73. The van der Waals surface area contributed by atoms with Crippen LogP contribution in [0.5, 0.6) is 5.88 Å². The number of anilines is 1. The lowest BCUT2D eigenvalue weighted by molar-refractivity contribution is 0.191. The molecule has 1 saturated carbocycles. The molecular weight excluding hydrogens is 164 g/mol. The lowest BCUT2D eigenvalue weighted by Crippen LogP contribution is -2.15. The van der Waals surface area contributed by atoms with Crippen LogP contribution >= 0.6 is 0 Å². The van der Waals surface area contributed by atoms with Crippen LogP contribution in [0.1, 0.15) is 19.8 Å². The van der Waals surface area contributed by atoms with Gasteiger partial charge in [0.2, 0.25) is 5.88 Å². The highest BCUT2D eigenvalue weighted by Crippen LogP contribution is 2.35. The van der Waals surface area contributed by atoms with Gasteiger partial charge >= 0.3 is 0 Å². The van der Waals surface area contributed by atoms with Gasteiger partial charge in [0, 0.05) is 6.20 Å². The van der Waals surface area contributed by atoms with Gasteiger partial charge < -0.3 is 10.5 Å². The summed E-state index contributed by atoms with van der Waals surface area (Å²) in [5, 5.41) is 0. The largest absolute Gasteiger partial charge is 0.473 e. The molecule has 0 bridgehead atoms. The standard InChI is InChI=1S/C10H14N2O/c1-7(8-4-5-8)13-10-9(11)3-2-6-12-10/h2-3,6-8H,4-5,11H2,1H3. The summed E-state index contributed by atoms with van der Waals surface area (Å²) in [5.41, 5.74) is 6.32. The Morgan fingerprint density at radius 3 is 3.00 bits per heavy atom. The van der Waals surface area contributed by atoms with E-state index < -0.39 is 0 Å². The average Bonchev–Trinajstić information content (AvgIpc) is 2.91. The summed E-state index contributed by atoms with van der Waals surface area (Å²) < 4.78 is 5.63. The minimum Gasteiger partial charge on any atom is -0.473 e. The van der Waals surface area contributed by atoms with Crippen LogP contribution in [-0.2, 0) is 0 Å². The molecule has 0 amide bonds. The molecule has 3 heteroatoms. The van der Waals surface area contributed by atoms with Crippen LogP contribution in [0.25, 0.3) is 0 Å². The average molecular weight is 178 g/mol. The van der Waals surface area contributed by atoms with E-state index in [4.69, 9.17) is 10.5 Å². The molecule has 1 aliphatic carbocycles. The van der Waals surface area contributed by atoms with Crippen molar-refractivity contribution >= 4 is 5.69 Å². The van der Waals surface area contributed by atoms with E-state index in [1.54, 1.807) is 6.20 Å². The van der Waals surface area contributed by atoms with Crippen LogP contribution < -0.4 is 10.5 Å². The first-order valence-corrected chi connectivity index (χ1v) is 4.64. The number of nitrogens with zero attached hydrogens (tertiary/aromatic N) is 1. The Bertz CT molecular complexity index is 297. The van der Waals surface area contributed by atoms with E-state index in [1.165, 1.54) is 12.8 Å². The summed E-state index contributed by atoms with van der Waals surface area (Å²) in [6, 6.07) is 3.62. The van der Waals surface area contributed by atoms with Gasteiger partial charge in [0.1, 0.15) is 6.10 Å². The number of hydrogen-bond donors (Lipinski definition) is 1. The number of ether oxygens (including phenoxy) is 1. The minimum atomic E-state index is 0.247. The summed E-state index contributed by atoms with van der Waals surface area (Å²) >= 11 is 0. The summed E-state index contributed by atoms with van der Waals surface area (Å²) in [6.07, 6.45) is 4.49. The molecule has 2 rings (SSSR count). The molecule has 1 unspecified atom stereocenters. The minimum absolute atomic E-state index is 0.247. The van der Waals surface area contributed by atoms with Gasteiger partial charge in [-0.05, 0) is 37.8 Å². The first kappa shape index (κ1) is 8.35. The fraction of sp³-hybridized carbons (Fsp3) is 0.500. The zero-order valence-corrected chi connectivity index (χ0v) is 7.73. The third kappa shape index (κ3) is 1.91. The summed E-state index contributed by atoms with van der Waals surface area (Å²) in [6.45, 7) is 2.08. The number of aromatic nitrogens is 1. The summed E-state index contributed by atoms with van der Waals surface area (Å²) in [5.74, 6) is 1.28. The second-order valence-corrected chi connectivity index (χ2v) is 3.56. The zero-order chi connectivity index (χ0) is 9.26. The fourth-order valence-electron chi connectivity index (χ4n) is 1.34. The van der Waals surface area contributed by atoms with Crippen molar-refractivity contribution in [2.75, 3.05) is 5.73 Å². The number of nitrogen functional groups attached to an aromatic ring is 1. The number of rotatable bonds is 3. The Balaban J connectivity index is 2.03. The van der Waals surface area contributed by atoms with Crippen molar-refractivity contribution in [1.29, 1.82) is 0 Å². The Morgan fingerprint density at radius 2 is 2.38 bits per heavy atom. The van der Waals surface area contributed by atoms with Crippen LogP contribution in [-0.4, -0.2) is 11.1 Å². The van der Waals surface area contributed by atoms with Gasteiger partial charge in [-0.1, -0.05) is 0 Å². The van der Waals surface area contributed by atoms with E-state index in [9.17, 15) is 0 Å². The normalized spacial score (nSPS) is 18.2. The van der Waals surface area contributed by atoms with Gasteiger partial charge in [-0.3, -0.25) is 0 Å². The van der Waals surface area contributed by atoms with Crippen LogP contribution in [0.4, 0.5) is 5.69 Å². The Labute approximate surface area is 77.9 Å². The Kier molecular flexibility index (Phi) is 2.08. The number of nitrogens with two attached hydrogens (primary N) is 1. The molecule has 3 nitrogen and oxygen atoms in total. The second kappa shape index (κ2) is 3.24. The quantitative estimate of drug-likeness (QED) is 0.768. The predicted octanol–water partition coefficient (Wildman–Crippen LogP) is 1.84. The maximum atomic E-state index is 5.70. The van der Waals surface area contributed by atoms with Gasteiger partial charge in [-0.2, -0.15) is 0 Å². The molecule has 13 heavy (non-hydrogen) atoms. The van der Waals surface area contributed by atoms with Crippen LogP contribution in [0.2, 0.25) is 0 Å². The molecule has 1 heterocycles. The predicted molar refractivity (Wildman–Crippen MR) is 51.5 cm³/mol. The topological polar surface area (TPSA) is 48.1 Å². The highest BCUT2D eigenvalue weighted by Gasteiger charge is 2.29. The molecule has 70 valence electrons. The second-order valence-electron chi connectivity index (χ2n) is 3.56. The first-order valence-electron chi connectivity index (χ1n) is 4.64. The smallest absolute Gasteiger partial charge is 0.237 e. The van der Waals surface area contributed by atoms with Crippen LogP contribution in [0.15, 0.2) is 18.3 Å². The monoisotopic (exact) mass is 178 g/mol. The van der Waals surface area contributed by atoms with Crippen molar-refractivity contribution in [3.63, 3.8) is 0 Å². The maximum Gasteiger partial charge on any atom is 0.237 e. The molecule has 0 saturated heterocycles. The van der Waals surface area contributed by atoms with E-state index in [2.05, 4.69) is 11.9 Å². The van der Waals surface area contributed by atoms with Crippen molar-refractivity contribution in [2.45, 2.75) is 25.9 Å². The number of pyridine rings is 1. The van der Waals surface area contributed by atoms with Crippen LogP contribution in [0, 0.1) is 5.92 Å². The van der Waals surface area contributed by atoms with Gasteiger partial charge in [0.25, 0.3) is 0 Å². The molecular formula is C10H14N2O. The molecule has 0 aliphatic heterocycles. The molecule has 1 aromatic rings. The highest BCUT2D eigenvalue weighted by atomic mass is 16.5. The van der Waals surface area contributed by atoms with E-state index in [0.717, 1.165) is 0 Å². The Morgan fingerprint density at radius 1 is 1.62 bits per heavy atom. The van der Waals surface area contributed by atoms with Crippen LogP contribution in [0.3, 0.4) is 0 Å². The molecule has 1 aromatic heterocycles. The fourth-order valence-corrected chi connectivity index (χ4v) is 1.34. The summed E-state index contributed by atoms with van der Waals surface area (Å²) in [4.78, 5) is 4.08. The molecule has 2 N–H and O–H groups in total. The van der Waals surface area contributed by atoms with E-state index in [-0.39, 0.29) is 6.10 Å². The van der Waals surface area contributed by atoms with Crippen molar-refractivity contribution in [3.8, 4) is 5.88 Å². The lowest BCUT2D eigenvalue weighted by atomic mass is 10.3. The van der Waals surface area contributed by atoms with Gasteiger partial charge in [0.05, 0.1) is 5.69 Å². The molecule has 1 atom stereocenters. The van der Waals surface area contributed by atoms with Crippen molar-refractivity contribution in [1.82, 2.24) is 4.98 Å². The Hall–Kier alpha value is -1.25. The number of hydrogen-bond acceptors (Lipinski definition) is 3.